The zero-order valence-electron chi connectivity index (χ0n) is 11.8. The van der Waals surface area contributed by atoms with Crippen molar-refractivity contribution in [2.24, 2.45) is 11.7 Å². The smallest absolute Gasteiger partial charge is 0.234 e. The molecule has 3 N–H and O–H groups in total. The number of nitrogens with two attached hydrogens (primary N) is 1. The summed E-state index contributed by atoms with van der Waals surface area (Å²) in [5.41, 5.74) is 5.88. The van der Waals surface area contributed by atoms with Crippen LogP contribution in [0.1, 0.15) is 39.5 Å². The number of nitrogens with one attached hydrogen (secondary N) is 1. The number of anilines is 1. The van der Waals surface area contributed by atoms with Crippen LogP contribution in [0.2, 0.25) is 0 Å². The van der Waals surface area contributed by atoms with Crippen molar-refractivity contribution < 1.29 is 4.74 Å². The van der Waals surface area contributed by atoms with E-state index in [4.69, 9.17) is 10.5 Å². The fourth-order valence-electron chi connectivity index (χ4n) is 2.63. The van der Waals surface area contributed by atoms with Gasteiger partial charge >= 0.3 is 0 Å². The molecule has 1 aromatic heterocycles. The fraction of sp³-hybridized carbons (Fsp3) is 0.714. The van der Waals surface area contributed by atoms with Crippen molar-refractivity contribution in [1.82, 2.24) is 9.97 Å². The summed E-state index contributed by atoms with van der Waals surface area (Å²) in [4.78, 5) is 8.58. The summed E-state index contributed by atoms with van der Waals surface area (Å²) in [5.74, 6) is 1.96. The molecule has 1 aliphatic carbocycles. The van der Waals surface area contributed by atoms with Crippen LogP contribution in [0.25, 0.3) is 0 Å². The van der Waals surface area contributed by atoms with E-state index < -0.39 is 0 Å². The zero-order valence-corrected chi connectivity index (χ0v) is 11.8. The Bertz CT molecular complexity index is 391. The van der Waals surface area contributed by atoms with Gasteiger partial charge in [0.15, 0.2) is 0 Å². The molecule has 1 atom stereocenters. The second kappa shape index (κ2) is 6.70. The Morgan fingerprint density at radius 2 is 2.11 bits per heavy atom. The predicted octanol–water partition coefficient (Wildman–Crippen LogP) is 2.19. The molecule has 1 heterocycles. The maximum absolute atomic E-state index is 5.88. The molecule has 0 amide bonds. The SMILES string of the molecule is CC(C)Oc1cncc(NC(CN)C2CCCC2)n1. The number of ether oxygens (including phenoxy) is 1. The third kappa shape index (κ3) is 4.06. The van der Waals surface area contributed by atoms with Crippen LogP contribution in [0, 0.1) is 5.92 Å². The molecule has 1 aromatic rings. The maximum atomic E-state index is 5.88. The lowest BCUT2D eigenvalue weighted by atomic mass is 9.98. The highest BCUT2D eigenvalue weighted by Gasteiger charge is 2.24. The maximum Gasteiger partial charge on any atom is 0.234 e. The summed E-state index contributed by atoms with van der Waals surface area (Å²) in [7, 11) is 0. The van der Waals surface area contributed by atoms with Crippen LogP contribution in [-0.4, -0.2) is 28.7 Å². The Morgan fingerprint density at radius 3 is 2.74 bits per heavy atom. The van der Waals surface area contributed by atoms with Gasteiger partial charge in [-0.3, -0.25) is 4.98 Å². The lowest BCUT2D eigenvalue weighted by Crippen LogP contribution is -2.35. The van der Waals surface area contributed by atoms with Crippen molar-refractivity contribution in [3.63, 3.8) is 0 Å². The minimum absolute atomic E-state index is 0.102. The summed E-state index contributed by atoms with van der Waals surface area (Å²) < 4.78 is 5.55. The molecule has 0 bridgehead atoms. The number of hydrogen-bond acceptors (Lipinski definition) is 5. The molecule has 1 unspecified atom stereocenters. The molecule has 0 saturated heterocycles. The van der Waals surface area contributed by atoms with Crippen molar-refractivity contribution >= 4 is 5.82 Å². The van der Waals surface area contributed by atoms with Crippen LogP contribution in [0.4, 0.5) is 5.82 Å². The van der Waals surface area contributed by atoms with Gasteiger partial charge in [0.25, 0.3) is 0 Å². The van der Waals surface area contributed by atoms with Gasteiger partial charge in [0.1, 0.15) is 5.82 Å². The molecule has 0 aliphatic heterocycles. The van der Waals surface area contributed by atoms with E-state index in [-0.39, 0.29) is 12.1 Å². The van der Waals surface area contributed by atoms with Crippen molar-refractivity contribution in [2.75, 3.05) is 11.9 Å². The Labute approximate surface area is 115 Å². The van der Waals surface area contributed by atoms with Crippen LogP contribution >= 0.6 is 0 Å². The van der Waals surface area contributed by atoms with Crippen molar-refractivity contribution in [3.8, 4) is 5.88 Å². The zero-order chi connectivity index (χ0) is 13.7. The average Bonchev–Trinajstić information content (AvgIpc) is 2.89. The number of aromatic nitrogens is 2. The summed E-state index contributed by atoms with van der Waals surface area (Å²) >= 11 is 0. The topological polar surface area (TPSA) is 73.1 Å². The summed E-state index contributed by atoms with van der Waals surface area (Å²) in [6.45, 7) is 4.58. The lowest BCUT2D eigenvalue weighted by Gasteiger charge is -2.23. The van der Waals surface area contributed by atoms with E-state index in [1.165, 1.54) is 25.7 Å². The predicted molar refractivity (Wildman–Crippen MR) is 76.2 cm³/mol. The minimum atomic E-state index is 0.102. The molecule has 5 heteroatoms. The molecule has 0 spiro atoms. The number of hydrogen-bond donors (Lipinski definition) is 2. The molecule has 19 heavy (non-hydrogen) atoms. The highest BCUT2D eigenvalue weighted by atomic mass is 16.5. The summed E-state index contributed by atoms with van der Waals surface area (Å²) in [6, 6.07) is 0.283. The second-order valence-corrected chi connectivity index (χ2v) is 5.44. The van der Waals surface area contributed by atoms with E-state index in [0.717, 1.165) is 5.82 Å². The van der Waals surface area contributed by atoms with E-state index in [0.29, 0.717) is 18.3 Å². The first-order valence-electron chi connectivity index (χ1n) is 7.14. The lowest BCUT2D eigenvalue weighted by molar-refractivity contribution is 0.232. The van der Waals surface area contributed by atoms with Crippen LogP contribution in [-0.2, 0) is 0 Å². The van der Waals surface area contributed by atoms with Crippen LogP contribution in [0.5, 0.6) is 5.88 Å². The van der Waals surface area contributed by atoms with Gasteiger partial charge in [0, 0.05) is 12.6 Å². The first-order chi connectivity index (χ1) is 9.19. The van der Waals surface area contributed by atoms with Crippen LogP contribution < -0.4 is 15.8 Å². The molecule has 1 fully saturated rings. The first kappa shape index (κ1) is 14.1. The molecule has 2 rings (SSSR count). The van der Waals surface area contributed by atoms with Gasteiger partial charge in [0.05, 0.1) is 18.5 Å². The molecule has 0 radical (unpaired) electrons. The number of rotatable bonds is 6. The van der Waals surface area contributed by atoms with Gasteiger partial charge in [-0.15, -0.1) is 0 Å². The third-order valence-electron chi connectivity index (χ3n) is 3.52. The van der Waals surface area contributed by atoms with E-state index in [1.807, 2.05) is 13.8 Å². The van der Waals surface area contributed by atoms with Gasteiger partial charge in [-0.2, -0.15) is 4.98 Å². The average molecular weight is 264 g/mol. The highest BCUT2D eigenvalue weighted by Crippen LogP contribution is 2.28. The molecular weight excluding hydrogens is 240 g/mol. The second-order valence-electron chi connectivity index (χ2n) is 5.44. The molecule has 1 aliphatic rings. The Kier molecular flexibility index (Phi) is 4.96. The summed E-state index contributed by atoms with van der Waals surface area (Å²) in [6.07, 6.45) is 8.60. The molecule has 0 aromatic carbocycles. The van der Waals surface area contributed by atoms with E-state index in [9.17, 15) is 0 Å². The molecule has 5 nitrogen and oxygen atoms in total. The van der Waals surface area contributed by atoms with Crippen molar-refractivity contribution in [2.45, 2.75) is 51.7 Å². The Balaban J connectivity index is 2.00. The normalized spacial score (nSPS) is 17.7. The standard InChI is InChI=1S/C14H24N4O/c1-10(2)19-14-9-16-8-13(18-14)17-12(7-15)11-5-3-4-6-11/h8-12H,3-7,15H2,1-2H3,(H,17,18). The van der Waals surface area contributed by atoms with E-state index in [2.05, 4.69) is 15.3 Å². The first-order valence-corrected chi connectivity index (χ1v) is 7.14. The van der Waals surface area contributed by atoms with Crippen LogP contribution in [0.15, 0.2) is 12.4 Å². The Morgan fingerprint density at radius 1 is 1.37 bits per heavy atom. The van der Waals surface area contributed by atoms with Gasteiger partial charge < -0.3 is 15.8 Å². The quantitative estimate of drug-likeness (QED) is 0.824. The summed E-state index contributed by atoms with van der Waals surface area (Å²) in [5, 5.41) is 3.41. The van der Waals surface area contributed by atoms with Gasteiger partial charge in [0.2, 0.25) is 5.88 Å². The van der Waals surface area contributed by atoms with Gasteiger partial charge in [-0.25, -0.2) is 0 Å². The monoisotopic (exact) mass is 264 g/mol. The van der Waals surface area contributed by atoms with E-state index in [1.54, 1.807) is 12.4 Å². The van der Waals surface area contributed by atoms with E-state index >= 15 is 0 Å². The third-order valence-corrected chi connectivity index (χ3v) is 3.52. The number of nitrogens with zero attached hydrogens (tertiary/aromatic N) is 2. The largest absolute Gasteiger partial charge is 0.474 e. The van der Waals surface area contributed by atoms with Gasteiger partial charge in [-0.1, -0.05) is 12.8 Å². The van der Waals surface area contributed by atoms with Gasteiger partial charge in [-0.05, 0) is 32.6 Å². The molecule has 1 saturated carbocycles. The molecule has 106 valence electrons. The minimum Gasteiger partial charge on any atom is -0.474 e. The van der Waals surface area contributed by atoms with Crippen molar-refractivity contribution in [3.05, 3.63) is 12.4 Å². The fourth-order valence-corrected chi connectivity index (χ4v) is 2.63. The molecular formula is C14H24N4O. The highest BCUT2D eigenvalue weighted by molar-refractivity contribution is 5.35. The Hall–Kier alpha value is -1.36. The van der Waals surface area contributed by atoms with Crippen molar-refractivity contribution in [1.29, 1.82) is 0 Å². The van der Waals surface area contributed by atoms with Crippen LogP contribution in [0.3, 0.4) is 0 Å².